The summed E-state index contributed by atoms with van der Waals surface area (Å²) in [6.45, 7) is 3.54. The highest BCUT2D eigenvalue weighted by Gasteiger charge is 2.30. The first-order chi connectivity index (χ1) is 12.7. The van der Waals surface area contributed by atoms with Crippen LogP contribution in [0.1, 0.15) is 51.0 Å². The topological polar surface area (TPSA) is 83.2 Å². The summed E-state index contributed by atoms with van der Waals surface area (Å²) in [6.07, 6.45) is -3.34. The maximum atomic E-state index is 12.8. The Balaban J connectivity index is 2.23. The highest BCUT2D eigenvalue weighted by atomic mass is 19.4. The number of anilines is 1. The molecule has 0 bridgehead atoms. The lowest BCUT2D eigenvalue weighted by atomic mass is 10.0. The zero-order chi connectivity index (χ0) is 20.2. The lowest BCUT2D eigenvalue weighted by Crippen LogP contribution is -2.30. The first-order valence-electron chi connectivity index (χ1n) is 8.22. The lowest BCUT2D eigenvalue weighted by Gasteiger charge is -2.12. The van der Waals surface area contributed by atoms with Crippen molar-refractivity contribution in [2.24, 2.45) is 0 Å². The zero-order valence-electron chi connectivity index (χ0n) is 15.1. The maximum Gasteiger partial charge on any atom is 0.416 e. The van der Waals surface area contributed by atoms with E-state index in [1.807, 2.05) is 6.92 Å². The largest absolute Gasteiger partial charge is 0.465 e. The van der Waals surface area contributed by atoms with E-state index in [1.165, 1.54) is 19.2 Å². The van der Waals surface area contributed by atoms with Gasteiger partial charge < -0.3 is 9.72 Å². The van der Waals surface area contributed by atoms with Crippen LogP contribution >= 0.6 is 0 Å². The Bertz CT molecular complexity index is 844. The summed E-state index contributed by atoms with van der Waals surface area (Å²) in [5.74, 6) is -1.16. The van der Waals surface area contributed by atoms with E-state index < -0.39 is 23.6 Å². The highest BCUT2D eigenvalue weighted by Crippen LogP contribution is 2.30. The zero-order valence-corrected chi connectivity index (χ0v) is 15.1. The molecule has 3 N–H and O–H groups in total. The van der Waals surface area contributed by atoms with Crippen LogP contribution in [-0.2, 0) is 17.3 Å². The van der Waals surface area contributed by atoms with Crippen LogP contribution < -0.4 is 10.9 Å². The van der Waals surface area contributed by atoms with Crippen molar-refractivity contribution in [2.45, 2.75) is 32.9 Å². The Morgan fingerprint density at radius 2 is 1.96 bits per heavy atom. The van der Waals surface area contributed by atoms with Gasteiger partial charge in [0.2, 0.25) is 0 Å². The van der Waals surface area contributed by atoms with E-state index in [0.717, 1.165) is 12.1 Å². The van der Waals surface area contributed by atoms with Gasteiger partial charge in [0.15, 0.2) is 0 Å². The number of alkyl halides is 3. The summed E-state index contributed by atoms with van der Waals surface area (Å²) in [4.78, 5) is 27.3. The molecule has 0 aliphatic carbocycles. The van der Waals surface area contributed by atoms with Crippen molar-refractivity contribution >= 4 is 17.6 Å². The molecule has 9 heteroatoms. The van der Waals surface area contributed by atoms with Gasteiger partial charge in [-0.1, -0.05) is 19.4 Å². The minimum absolute atomic E-state index is 0.0756. The second-order valence-electron chi connectivity index (χ2n) is 5.88. The van der Waals surface area contributed by atoms with E-state index >= 15 is 0 Å². The fraction of sp³-hybridized carbons (Fsp3) is 0.333. The minimum atomic E-state index is -4.48. The van der Waals surface area contributed by atoms with Gasteiger partial charge in [-0.05, 0) is 37.1 Å². The molecule has 146 valence electrons. The van der Waals surface area contributed by atoms with Crippen molar-refractivity contribution in [1.29, 1.82) is 0 Å². The molecule has 0 unspecified atom stereocenters. The quantitative estimate of drug-likeness (QED) is 0.523. The summed E-state index contributed by atoms with van der Waals surface area (Å²) in [5, 5.41) is 0. The molecule has 1 aromatic heterocycles. The fourth-order valence-electron chi connectivity index (χ4n) is 2.71. The summed E-state index contributed by atoms with van der Waals surface area (Å²) >= 11 is 0. The Hall–Kier alpha value is -2.97. The van der Waals surface area contributed by atoms with Crippen LogP contribution in [0, 0.1) is 6.92 Å². The smallest absolute Gasteiger partial charge is 0.416 e. The number of hydrogen-bond acceptors (Lipinski definition) is 4. The number of carbonyl (C=O) groups excluding carboxylic acids is 2. The predicted octanol–water partition coefficient (Wildman–Crippen LogP) is 3.84. The molecular formula is C18H20F3N3O3. The molecular weight excluding hydrogens is 363 g/mol. The van der Waals surface area contributed by atoms with Gasteiger partial charge in [-0.15, -0.1) is 0 Å². The van der Waals surface area contributed by atoms with Crippen LogP contribution in [-0.4, -0.2) is 24.0 Å². The first-order valence-corrected chi connectivity index (χ1v) is 8.22. The Morgan fingerprint density at radius 3 is 2.56 bits per heavy atom. The number of halogens is 3. The summed E-state index contributed by atoms with van der Waals surface area (Å²) in [5.41, 5.74) is 5.49. The van der Waals surface area contributed by atoms with E-state index in [1.54, 1.807) is 6.92 Å². The molecule has 1 amide bonds. The van der Waals surface area contributed by atoms with Gasteiger partial charge >= 0.3 is 12.1 Å². The third-order valence-electron chi connectivity index (χ3n) is 3.92. The van der Waals surface area contributed by atoms with Gasteiger partial charge in [-0.2, -0.15) is 13.2 Å². The van der Waals surface area contributed by atoms with Gasteiger partial charge in [0.1, 0.15) is 5.69 Å². The second-order valence-corrected chi connectivity index (χ2v) is 5.88. The third-order valence-corrected chi connectivity index (χ3v) is 3.92. The number of benzene rings is 1. The molecule has 0 atom stereocenters. The van der Waals surface area contributed by atoms with Crippen molar-refractivity contribution in [3.05, 3.63) is 52.3 Å². The molecule has 2 aromatic rings. The molecule has 2 rings (SSSR count). The van der Waals surface area contributed by atoms with Crippen molar-refractivity contribution in [1.82, 2.24) is 10.4 Å². The molecule has 6 nitrogen and oxygen atoms in total. The number of aromatic nitrogens is 1. The average molecular weight is 383 g/mol. The van der Waals surface area contributed by atoms with Crippen LogP contribution in [0.4, 0.5) is 18.9 Å². The van der Waals surface area contributed by atoms with Gasteiger partial charge in [0, 0.05) is 5.69 Å². The van der Waals surface area contributed by atoms with Crippen LogP contribution in [0.2, 0.25) is 0 Å². The van der Waals surface area contributed by atoms with Crippen LogP contribution in [0.15, 0.2) is 24.3 Å². The number of hydrazine groups is 1. The summed E-state index contributed by atoms with van der Waals surface area (Å²) in [7, 11) is 1.25. The van der Waals surface area contributed by atoms with Gasteiger partial charge in [0.05, 0.1) is 23.9 Å². The number of nitrogens with one attached hydrogen (secondary N) is 3. The van der Waals surface area contributed by atoms with E-state index in [4.69, 9.17) is 4.74 Å². The number of rotatable bonds is 6. The Morgan fingerprint density at radius 1 is 1.26 bits per heavy atom. The maximum absolute atomic E-state index is 12.8. The molecule has 1 heterocycles. The van der Waals surface area contributed by atoms with E-state index in [-0.39, 0.29) is 11.4 Å². The molecule has 1 aromatic carbocycles. The lowest BCUT2D eigenvalue weighted by molar-refractivity contribution is -0.137. The summed E-state index contributed by atoms with van der Waals surface area (Å²) in [6, 6.07) is 4.44. The molecule has 0 saturated carbocycles. The number of aryl methyl sites for hydroxylation is 1. The standard InChI is InChI=1S/C18H20F3N3O3/c1-4-6-13-14(17(26)27-3)10(2)22-15(13)16(25)24-23-12-8-5-7-11(9-12)18(19,20)21/h5,7-9,22-23H,4,6H2,1-3H3,(H,24,25). The molecule has 0 fully saturated rings. The molecule has 0 spiro atoms. The Kier molecular flexibility index (Phi) is 6.14. The summed E-state index contributed by atoms with van der Waals surface area (Å²) < 4.78 is 43.0. The number of aromatic amines is 1. The fourth-order valence-corrected chi connectivity index (χ4v) is 2.71. The predicted molar refractivity (Wildman–Crippen MR) is 93.4 cm³/mol. The minimum Gasteiger partial charge on any atom is -0.465 e. The normalized spacial score (nSPS) is 11.2. The van der Waals surface area contributed by atoms with E-state index in [0.29, 0.717) is 29.7 Å². The second kappa shape index (κ2) is 8.15. The molecule has 0 saturated heterocycles. The number of H-pyrrole nitrogens is 1. The van der Waals surface area contributed by atoms with Crippen LogP contribution in [0.3, 0.4) is 0 Å². The van der Waals surface area contributed by atoms with E-state index in [9.17, 15) is 22.8 Å². The molecule has 0 aliphatic heterocycles. The first kappa shape index (κ1) is 20.3. The average Bonchev–Trinajstić information content (AvgIpc) is 2.95. The number of ether oxygens (including phenoxy) is 1. The molecule has 0 radical (unpaired) electrons. The van der Waals surface area contributed by atoms with Crippen LogP contribution in [0.5, 0.6) is 0 Å². The van der Waals surface area contributed by atoms with Crippen molar-refractivity contribution in [3.8, 4) is 0 Å². The number of hydrogen-bond donors (Lipinski definition) is 3. The van der Waals surface area contributed by atoms with E-state index in [2.05, 4.69) is 15.8 Å². The number of methoxy groups -OCH3 is 1. The number of esters is 1. The van der Waals surface area contributed by atoms with Gasteiger partial charge in [-0.3, -0.25) is 15.6 Å². The molecule has 27 heavy (non-hydrogen) atoms. The third kappa shape index (κ3) is 4.60. The van der Waals surface area contributed by atoms with Gasteiger partial charge in [0.25, 0.3) is 5.91 Å². The van der Waals surface area contributed by atoms with Gasteiger partial charge in [-0.25, -0.2) is 4.79 Å². The Labute approximate surface area is 154 Å². The monoisotopic (exact) mass is 383 g/mol. The SMILES string of the molecule is CCCc1c(C(=O)NNc2cccc(C(F)(F)F)c2)[nH]c(C)c1C(=O)OC. The van der Waals surface area contributed by atoms with Crippen molar-refractivity contribution in [2.75, 3.05) is 12.5 Å². The molecule has 0 aliphatic rings. The van der Waals surface area contributed by atoms with Crippen molar-refractivity contribution < 1.29 is 27.5 Å². The van der Waals surface area contributed by atoms with Crippen LogP contribution in [0.25, 0.3) is 0 Å². The number of carbonyl (C=O) groups is 2. The number of amides is 1. The highest BCUT2D eigenvalue weighted by molar-refractivity contribution is 6.01. The van der Waals surface area contributed by atoms with Crippen molar-refractivity contribution in [3.63, 3.8) is 0 Å².